The largest absolute Gasteiger partial charge is 0.743 e. The highest BCUT2D eigenvalue weighted by Gasteiger charge is 2.11. The second kappa shape index (κ2) is 3.95. The standard InChI is InChI=1S/C5H6N2O7S2/c8-7(16(12,13)14)4-1-2-5(6-3-4)15(9,10)11/h1-3,8H,(H,9,10,11)(H,12,13,14)/p-2. The van der Waals surface area contributed by atoms with Crippen LogP contribution in [0.2, 0.25) is 0 Å². The van der Waals surface area contributed by atoms with Gasteiger partial charge in [-0.15, -0.1) is 0 Å². The molecule has 0 atom stereocenters. The predicted molar refractivity (Wildman–Crippen MR) is 46.2 cm³/mol. The minimum atomic E-state index is -5.13. The Morgan fingerprint density at radius 3 is 2.06 bits per heavy atom. The maximum atomic E-state index is 10.4. The Morgan fingerprint density at radius 1 is 1.19 bits per heavy atom. The van der Waals surface area contributed by atoms with E-state index in [4.69, 9.17) is 5.21 Å². The molecule has 0 unspecified atom stereocenters. The molecule has 1 rings (SSSR count). The van der Waals surface area contributed by atoms with Gasteiger partial charge in [-0.2, -0.15) is 4.47 Å². The first-order valence-electron chi connectivity index (χ1n) is 3.49. The van der Waals surface area contributed by atoms with Crippen molar-refractivity contribution in [1.82, 2.24) is 4.98 Å². The van der Waals surface area contributed by atoms with Crippen LogP contribution in [0, 0.1) is 0 Å². The Kier molecular flexibility index (Phi) is 3.16. The molecule has 1 aromatic rings. The van der Waals surface area contributed by atoms with E-state index in [-0.39, 0.29) is 0 Å². The number of hydrogen-bond donors (Lipinski definition) is 1. The fourth-order valence-corrected chi connectivity index (χ4v) is 1.55. The van der Waals surface area contributed by atoms with Crippen LogP contribution in [-0.4, -0.2) is 36.1 Å². The summed E-state index contributed by atoms with van der Waals surface area (Å²) in [5, 5.41) is 7.96. The molecule has 0 fully saturated rings. The zero-order valence-corrected chi connectivity index (χ0v) is 8.97. The van der Waals surface area contributed by atoms with Gasteiger partial charge in [0.25, 0.3) is 0 Å². The molecule has 0 radical (unpaired) electrons. The third-order valence-electron chi connectivity index (χ3n) is 1.41. The van der Waals surface area contributed by atoms with Gasteiger partial charge in [0.05, 0.1) is 11.9 Å². The highest BCUT2D eigenvalue weighted by Crippen LogP contribution is 2.15. The molecule has 0 saturated carbocycles. The van der Waals surface area contributed by atoms with Gasteiger partial charge in [-0.05, 0) is 12.1 Å². The number of anilines is 1. The van der Waals surface area contributed by atoms with Crippen LogP contribution >= 0.6 is 0 Å². The highest BCUT2D eigenvalue weighted by atomic mass is 32.2. The average Bonchev–Trinajstić information content (AvgIpc) is 2.14. The topological polar surface area (TPSA) is 151 Å². The minimum Gasteiger partial charge on any atom is -0.743 e. The van der Waals surface area contributed by atoms with Crippen molar-refractivity contribution >= 4 is 26.1 Å². The monoisotopic (exact) mass is 268 g/mol. The molecule has 0 aliphatic heterocycles. The Hall–Kier alpha value is -1.27. The lowest BCUT2D eigenvalue weighted by Crippen LogP contribution is -2.26. The van der Waals surface area contributed by atoms with E-state index in [0.717, 1.165) is 6.07 Å². The zero-order valence-electron chi connectivity index (χ0n) is 7.34. The van der Waals surface area contributed by atoms with E-state index in [1.807, 2.05) is 0 Å². The summed E-state index contributed by atoms with van der Waals surface area (Å²) >= 11 is 0. The van der Waals surface area contributed by atoms with Crippen LogP contribution < -0.4 is 4.47 Å². The summed E-state index contributed by atoms with van der Waals surface area (Å²) in [4.78, 5) is 3.08. The van der Waals surface area contributed by atoms with E-state index in [1.165, 1.54) is 0 Å². The smallest absolute Gasteiger partial charge is 0.207 e. The molecule has 90 valence electrons. The number of aromatic nitrogens is 1. The SMILES string of the molecule is O=S(=O)([O-])c1ccc(N(O)S(=O)(=O)[O-])cn1. The molecule has 1 aromatic heterocycles. The molecule has 16 heavy (non-hydrogen) atoms. The van der Waals surface area contributed by atoms with Crippen LogP contribution in [-0.2, 0) is 20.4 Å². The van der Waals surface area contributed by atoms with E-state index < -0.39 is 35.6 Å². The molecule has 0 aliphatic carbocycles. The summed E-state index contributed by atoms with van der Waals surface area (Å²) in [7, 11) is -9.90. The molecule has 1 heterocycles. The van der Waals surface area contributed by atoms with Crippen LogP contribution in [0.5, 0.6) is 0 Å². The van der Waals surface area contributed by atoms with E-state index in [2.05, 4.69) is 4.98 Å². The number of pyridine rings is 1. The second-order valence-electron chi connectivity index (χ2n) is 2.51. The van der Waals surface area contributed by atoms with Gasteiger partial charge in [-0.1, -0.05) is 0 Å². The van der Waals surface area contributed by atoms with Crippen molar-refractivity contribution in [3.8, 4) is 0 Å². The normalized spacial score (nSPS) is 12.4. The van der Waals surface area contributed by atoms with Crippen molar-refractivity contribution in [3.63, 3.8) is 0 Å². The Bertz CT molecular complexity index is 576. The van der Waals surface area contributed by atoms with Gasteiger partial charge in [0.2, 0.25) is 10.3 Å². The molecule has 0 amide bonds. The van der Waals surface area contributed by atoms with Crippen LogP contribution in [0.1, 0.15) is 0 Å². The van der Waals surface area contributed by atoms with Gasteiger partial charge < -0.3 is 9.11 Å². The number of nitrogens with zero attached hydrogens (tertiary/aromatic N) is 2. The Balaban J connectivity index is 3.15. The quantitative estimate of drug-likeness (QED) is 0.521. The van der Waals surface area contributed by atoms with E-state index in [9.17, 15) is 25.9 Å². The fraction of sp³-hybridized carbons (Fsp3) is 0. The lowest BCUT2D eigenvalue weighted by Gasteiger charge is -2.19. The summed E-state index contributed by atoms with van der Waals surface area (Å²) < 4.78 is 61.7. The summed E-state index contributed by atoms with van der Waals surface area (Å²) in [5.41, 5.74) is -0.581. The van der Waals surface area contributed by atoms with Crippen molar-refractivity contribution in [3.05, 3.63) is 18.3 Å². The summed E-state index contributed by atoms with van der Waals surface area (Å²) in [5.74, 6) is 0. The fourth-order valence-electron chi connectivity index (χ4n) is 0.763. The van der Waals surface area contributed by atoms with Gasteiger partial charge in [-0.25, -0.2) is 21.8 Å². The molecule has 0 saturated heterocycles. The molecular formula is C5H4N2O7S2-2. The van der Waals surface area contributed by atoms with Crippen LogP contribution in [0.4, 0.5) is 5.69 Å². The zero-order chi connectivity index (χ0) is 12.6. The van der Waals surface area contributed by atoms with Crippen molar-refractivity contribution in [2.24, 2.45) is 0 Å². The summed E-state index contributed by atoms with van der Waals surface area (Å²) in [6.45, 7) is 0. The predicted octanol–water partition coefficient (Wildman–Crippen LogP) is -1.36. The Morgan fingerprint density at radius 2 is 1.75 bits per heavy atom. The number of hydrogen-bond acceptors (Lipinski definition) is 8. The van der Waals surface area contributed by atoms with Crippen molar-refractivity contribution in [2.45, 2.75) is 5.03 Å². The van der Waals surface area contributed by atoms with Gasteiger partial charge in [0, 0.05) is 0 Å². The van der Waals surface area contributed by atoms with Crippen molar-refractivity contribution < 1.29 is 31.1 Å². The first-order chi connectivity index (χ1) is 7.12. The molecule has 1 N–H and O–H groups in total. The molecule has 11 heteroatoms. The molecule has 0 bridgehead atoms. The van der Waals surface area contributed by atoms with Gasteiger partial charge in [0.15, 0.2) is 0 Å². The molecule has 0 spiro atoms. The third kappa shape index (κ3) is 2.86. The number of rotatable bonds is 3. The van der Waals surface area contributed by atoms with Crippen molar-refractivity contribution in [1.29, 1.82) is 0 Å². The lowest BCUT2D eigenvalue weighted by molar-refractivity contribution is 0.293. The second-order valence-corrected chi connectivity index (χ2v) is 5.04. The van der Waals surface area contributed by atoms with Gasteiger partial charge >= 0.3 is 0 Å². The van der Waals surface area contributed by atoms with E-state index in [0.29, 0.717) is 12.3 Å². The first-order valence-corrected chi connectivity index (χ1v) is 6.26. The molecular weight excluding hydrogens is 264 g/mol. The summed E-state index contributed by atoms with van der Waals surface area (Å²) in [6.07, 6.45) is 0.556. The third-order valence-corrected chi connectivity index (χ3v) is 2.80. The van der Waals surface area contributed by atoms with E-state index in [1.54, 1.807) is 0 Å². The van der Waals surface area contributed by atoms with Crippen LogP contribution in [0.3, 0.4) is 0 Å². The summed E-state index contributed by atoms with van der Waals surface area (Å²) in [6, 6.07) is 1.40. The van der Waals surface area contributed by atoms with Gasteiger partial charge in [-0.3, -0.25) is 5.21 Å². The minimum absolute atomic E-state index is 0.556. The van der Waals surface area contributed by atoms with Crippen molar-refractivity contribution in [2.75, 3.05) is 4.47 Å². The van der Waals surface area contributed by atoms with Crippen LogP contribution in [0.15, 0.2) is 23.4 Å². The van der Waals surface area contributed by atoms with Crippen LogP contribution in [0.25, 0.3) is 0 Å². The maximum Gasteiger partial charge on any atom is 0.207 e. The van der Waals surface area contributed by atoms with E-state index >= 15 is 0 Å². The molecule has 0 aliphatic rings. The maximum absolute atomic E-state index is 10.4. The lowest BCUT2D eigenvalue weighted by atomic mass is 10.4. The molecule has 0 aromatic carbocycles. The van der Waals surface area contributed by atoms with Gasteiger partial charge in [0.1, 0.15) is 15.1 Å². The first kappa shape index (κ1) is 12.8. The Labute approximate surface area is 90.6 Å². The average molecular weight is 268 g/mol. The molecule has 9 nitrogen and oxygen atoms in total. The highest BCUT2D eigenvalue weighted by molar-refractivity contribution is 7.87.